The highest BCUT2D eigenvalue weighted by molar-refractivity contribution is 6.30. The van der Waals surface area contributed by atoms with Crippen molar-refractivity contribution in [2.45, 2.75) is 13.2 Å². The quantitative estimate of drug-likeness (QED) is 0.460. The van der Waals surface area contributed by atoms with Gasteiger partial charge in [-0.2, -0.15) is 4.98 Å². The average molecular weight is 361 g/mol. The zero-order valence-electron chi connectivity index (χ0n) is 12.8. The standard InChI is InChI=1S/C18H14Cl2N2O2/c1-12(23-15-5-3-2-4-6-15)24-17-11-16(20)21-18(22-17)13-7-9-14(19)10-8-13/h2-12H,1H3. The molecule has 2 aromatic carbocycles. The van der Waals surface area contributed by atoms with E-state index in [0.29, 0.717) is 22.5 Å². The fourth-order valence-corrected chi connectivity index (χ4v) is 2.37. The molecule has 0 amide bonds. The molecule has 1 aromatic heterocycles. The highest BCUT2D eigenvalue weighted by Gasteiger charge is 2.11. The first kappa shape index (κ1) is 16.6. The van der Waals surface area contributed by atoms with Crippen LogP contribution < -0.4 is 9.47 Å². The second-order valence-corrected chi connectivity index (χ2v) is 5.80. The molecule has 122 valence electrons. The van der Waals surface area contributed by atoms with Crippen molar-refractivity contribution in [3.63, 3.8) is 0 Å². The van der Waals surface area contributed by atoms with Crippen molar-refractivity contribution < 1.29 is 9.47 Å². The largest absolute Gasteiger partial charge is 0.455 e. The minimum atomic E-state index is -0.531. The van der Waals surface area contributed by atoms with Gasteiger partial charge < -0.3 is 9.47 Å². The normalized spacial score (nSPS) is 11.8. The molecule has 0 aliphatic heterocycles. The van der Waals surface area contributed by atoms with E-state index < -0.39 is 6.29 Å². The summed E-state index contributed by atoms with van der Waals surface area (Å²) in [7, 11) is 0. The van der Waals surface area contributed by atoms with Crippen molar-refractivity contribution in [2.75, 3.05) is 0 Å². The zero-order chi connectivity index (χ0) is 16.9. The number of hydrogen-bond acceptors (Lipinski definition) is 4. The molecule has 1 atom stereocenters. The lowest BCUT2D eigenvalue weighted by molar-refractivity contribution is 0.0187. The van der Waals surface area contributed by atoms with Crippen molar-refractivity contribution in [2.24, 2.45) is 0 Å². The van der Waals surface area contributed by atoms with Crippen LogP contribution in [-0.4, -0.2) is 16.3 Å². The summed E-state index contributed by atoms with van der Waals surface area (Å²) in [6.07, 6.45) is -0.531. The average Bonchev–Trinajstić information content (AvgIpc) is 2.55. The van der Waals surface area contributed by atoms with Crippen molar-refractivity contribution in [3.05, 3.63) is 70.8 Å². The van der Waals surface area contributed by atoms with Crippen LogP contribution in [0.1, 0.15) is 6.92 Å². The lowest BCUT2D eigenvalue weighted by Gasteiger charge is -2.16. The molecular formula is C18H14Cl2N2O2. The van der Waals surface area contributed by atoms with Crippen LogP contribution in [0.15, 0.2) is 60.7 Å². The lowest BCUT2D eigenvalue weighted by atomic mass is 10.2. The molecule has 3 aromatic rings. The summed E-state index contributed by atoms with van der Waals surface area (Å²) in [5.41, 5.74) is 0.795. The summed E-state index contributed by atoms with van der Waals surface area (Å²) in [6, 6.07) is 18.1. The molecule has 24 heavy (non-hydrogen) atoms. The molecule has 0 aliphatic rings. The number of ether oxygens (including phenoxy) is 2. The fourth-order valence-electron chi connectivity index (χ4n) is 2.07. The van der Waals surface area contributed by atoms with Crippen LogP contribution >= 0.6 is 23.2 Å². The van der Waals surface area contributed by atoms with E-state index in [-0.39, 0.29) is 5.15 Å². The van der Waals surface area contributed by atoms with E-state index in [4.69, 9.17) is 32.7 Å². The maximum atomic E-state index is 6.08. The van der Waals surface area contributed by atoms with Gasteiger partial charge in [-0.15, -0.1) is 0 Å². The second-order valence-electron chi connectivity index (χ2n) is 4.98. The first-order valence-corrected chi connectivity index (χ1v) is 8.04. The Hall–Kier alpha value is -2.30. The predicted molar refractivity (Wildman–Crippen MR) is 94.6 cm³/mol. The highest BCUT2D eigenvalue weighted by atomic mass is 35.5. The monoisotopic (exact) mass is 360 g/mol. The SMILES string of the molecule is CC(Oc1ccccc1)Oc1cc(Cl)nc(-c2ccc(Cl)cc2)n1. The summed E-state index contributed by atoms with van der Waals surface area (Å²) >= 11 is 12.0. The van der Waals surface area contributed by atoms with E-state index in [9.17, 15) is 0 Å². The van der Waals surface area contributed by atoms with Crippen LogP contribution in [-0.2, 0) is 0 Å². The van der Waals surface area contributed by atoms with Crippen LogP contribution in [0, 0.1) is 0 Å². The van der Waals surface area contributed by atoms with Crippen LogP contribution in [0.3, 0.4) is 0 Å². The number of halogens is 2. The Morgan fingerprint density at radius 1 is 0.875 bits per heavy atom. The number of aromatic nitrogens is 2. The van der Waals surface area contributed by atoms with E-state index in [1.165, 1.54) is 0 Å². The molecule has 0 N–H and O–H groups in total. The van der Waals surface area contributed by atoms with Gasteiger partial charge in [-0.25, -0.2) is 4.98 Å². The molecule has 0 saturated carbocycles. The Kier molecular flexibility index (Phi) is 5.18. The van der Waals surface area contributed by atoms with Crippen molar-refractivity contribution in [3.8, 4) is 23.0 Å². The topological polar surface area (TPSA) is 44.2 Å². The molecule has 3 rings (SSSR count). The molecule has 0 radical (unpaired) electrons. The Bertz CT molecular complexity index is 811. The maximum absolute atomic E-state index is 6.08. The van der Waals surface area contributed by atoms with Crippen LogP contribution in [0.2, 0.25) is 10.2 Å². The van der Waals surface area contributed by atoms with Crippen LogP contribution in [0.5, 0.6) is 11.6 Å². The van der Waals surface area contributed by atoms with E-state index >= 15 is 0 Å². The summed E-state index contributed by atoms with van der Waals surface area (Å²) in [6.45, 7) is 1.78. The minimum Gasteiger partial charge on any atom is -0.455 e. The summed E-state index contributed by atoms with van der Waals surface area (Å²) < 4.78 is 11.4. The van der Waals surface area contributed by atoms with Gasteiger partial charge in [0.15, 0.2) is 5.82 Å². The number of para-hydroxylation sites is 1. The van der Waals surface area contributed by atoms with Gasteiger partial charge in [-0.3, -0.25) is 0 Å². The first-order valence-electron chi connectivity index (χ1n) is 7.29. The van der Waals surface area contributed by atoms with E-state index in [1.807, 2.05) is 42.5 Å². The lowest BCUT2D eigenvalue weighted by Crippen LogP contribution is -2.20. The molecule has 0 bridgehead atoms. The van der Waals surface area contributed by atoms with Gasteiger partial charge in [0.05, 0.1) is 0 Å². The van der Waals surface area contributed by atoms with Gasteiger partial charge in [-0.05, 0) is 36.4 Å². The Balaban J connectivity index is 1.77. The number of nitrogens with zero attached hydrogens (tertiary/aromatic N) is 2. The molecule has 0 aliphatic carbocycles. The molecule has 1 heterocycles. The molecule has 0 fully saturated rings. The molecule has 1 unspecified atom stereocenters. The predicted octanol–water partition coefficient (Wildman–Crippen LogP) is 5.25. The number of benzene rings is 2. The molecule has 6 heteroatoms. The van der Waals surface area contributed by atoms with Gasteiger partial charge in [-0.1, -0.05) is 41.4 Å². The maximum Gasteiger partial charge on any atom is 0.240 e. The highest BCUT2D eigenvalue weighted by Crippen LogP contribution is 2.24. The van der Waals surface area contributed by atoms with E-state index in [2.05, 4.69) is 9.97 Å². The Morgan fingerprint density at radius 3 is 2.29 bits per heavy atom. The molecular weight excluding hydrogens is 347 g/mol. The Labute approximate surface area is 150 Å². The minimum absolute atomic E-state index is 0.289. The zero-order valence-corrected chi connectivity index (χ0v) is 14.3. The number of rotatable bonds is 5. The third-order valence-electron chi connectivity index (χ3n) is 3.11. The molecule has 4 nitrogen and oxygen atoms in total. The number of hydrogen-bond donors (Lipinski definition) is 0. The van der Waals surface area contributed by atoms with E-state index in [0.717, 1.165) is 5.56 Å². The van der Waals surface area contributed by atoms with E-state index in [1.54, 1.807) is 25.1 Å². The van der Waals surface area contributed by atoms with Gasteiger partial charge in [0.2, 0.25) is 12.2 Å². The van der Waals surface area contributed by atoms with Gasteiger partial charge in [0.1, 0.15) is 10.9 Å². The van der Waals surface area contributed by atoms with Crippen LogP contribution in [0.25, 0.3) is 11.4 Å². The fraction of sp³-hybridized carbons (Fsp3) is 0.111. The van der Waals surface area contributed by atoms with Crippen molar-refractivity contribution >= 4 is 23.2 Å². The van der Waals surface area contributed by atoms with Gasteiger partial charge in [0.25, 0.3) is 0 Å². The second kappa shape index (κ2) is 7.51. The van der Waals surface area contributed by atoms with Crippen molar-refractivity contribution in [1.29, 1.82) is 0 Å². The van der Waals surface area contributed by atoms with Gasteiger partial charge >= 0.3 is 0 Å². The third kappa shape index (κ3) is 4.37. The summed E-state index contributed by atoms with van der Waals surface area (Å²) in [4.78, 5) is 8.59. The summed E-state index contributed by atoms with van der Waals surface area (Å²) in [5, 5.41) is 0.930. The van der Waals surface area contributed by atoms with Crippen LogP contribution in [0.4, 0.5) is 0 Å². The summed E-state index contributed by atoms with van der Waals surface area (Å²) in [5.74, 6) is 1.51. The molecule has 0 saturated heterocycles. The smallest absolute Gasteiger partial charge is 0.240 e. The Morgan fingerprint density at radius 2 is 1.58 bits per heavy atom. The van der Waals surface area contributed by atoms with Gasteiger partial charge in [0, 0.05) is 23.6 Å². The molecule has 0 spiro atoms. The third-order valence-corrected chi connectivity index (χ3v) is 3.55. The first-order chi connectivity index (χ1) is 11.6. The van der Waals surface area contributed by atoms with Crippen molar-refractivity contribution in [1.82, 2.24) is 9.97 Å².